The van der Waals surface area contributed by atoms with Crippen molar-refractivity contribution in [2.75, 3.05) is 11.4 Å². The summed E-state index contributed by atoms with van der Waals surface area (Å²) >= 11 is 2.08. The van der Waals surface area contributed by atoms with Crippen molar-refractivity contribution < 1.29 is 14.3 Å². The van der Waals surface area contributed by atoms with Crippen LogP contribution in [0.25, 0.3) is 0 Å². The molecule has 1 amide bonds. The number of para-hydroxylation sites is 1. The number of hydrogen-bond donors (Lipinski definition) is 0. The van der Waals surface area contributed by atoms with Crippen molar-refractivity contribution in [2.24, 2.45) is 0 Å². The monoisotopic (exact) mass is 421 g/mol. The lowest BCUT2D eigenvalue weighted by Crippen LogP contribution is -2.39. The van der Waals surface area contributed by atoms with Crippen LogP contribution in [0.2, 0.25) is 0 Å². The van der Waals surface area contributed by atoms with Crippen LogP contribution in [0.3, 0.4) is 0 Å². The van der Waals surface area contributed by atoms with Crippen molar-refractivity contribution in [3.63, 3.8) is 0 Å². The molecule has 118 valence electrons. The van der Waals surface area contributed by atoms with Crippen LogP contribution in [0.1, 0.15) is 22.8 Å². The zero-order valence-corrected chi connectivity index (χ0v) is 14.8. The minimum atomic E-state index is -0.815. The van der Waals surface area contributed by atoms with Crippen LogP contribution in [0.5, 0.6) is 0 Å². The number of esters is 1. The molecule has 0 fully saturated rings. The quantitative estimate of drug-likeness (QED) is 0.564. The first-order chi connectivity index (χ1) is 11.1. The molecule has 0 radical (unpaired) electrons. The predicted octanol–water partition coefficient (Wildman–Crippen LogP) is 3.43. The Kier molecular flexibility index (Phi) is 4.66. The fourth-order valence-electron chi connectivity index (χ4n) is 2.69. The van der Waals surface area contributed by atoms with Crippen molar-refractivity contribution in [1.29, 1.82) is 0 Å². The van der Waals surface area contributed by atoms with Gasteiger partial charge in [0.15, 0.2) is 6.10 Å². The van der Waals surface area contributed by atoms with Gasteiger partial charge in [-0.05, 0) is 59.7 Å². The lowest BCUT2D eigenvalue weighted by atomic mass is 10.2. The van der Waals surface area contributed by atoms with Crippen LogP contribution in [-0.2, 0) is 16.0 Å². The lowest BCUT2D eigenvalue weighted by Gasteiger charge is -2.21. The molecule has 3 rings (SSSR count). The highest BCUT2D eigenvalue weighted by Gasteiger charge is 2.30. The van der Waals surface area contributed by atoms with Gasteiger partial charge in [-0.3, -0.25) is 4.79 Å². The standard InChI is InChI=1S/C18H16INO3/c1-12(23-18(22)14-7-3-4-8-15(14)19)17(21)20-11-10-13-6-2-5-9-16(13)20/h2-9,12H,10-11H2,1H3/t12-/m0/s1. The van der Waals surface area contributed by atoms with Crippen LogP contribution >= 0.6 is 22.6 Å². The van der Waals surface area contributed by atoms with E-state index in [1.54, 1.807) is 24.0 Å². The summed E-state index contributed by atoms with van der Waals surface area (Å²) in [5.74, 6) is -0.655. The summed E-state index contributed by atoms with van der Waals surface area (Å²) in [6, 6.07) is 15.0. The number of nitrogens with zero attached hydrogens (tertiary/aromatic N) is 1. The van der Waals surface area contributed by atoms with Gasteiger partial charge in [-0.15, -0.1) is 0 Å². The number of rotatable bonds is 3. The first-order valence-corrected chi connectivity index (χ1v) is 8.50. The van der Waals surface area contributed by atoms with E-state index in [0.717, 1.165) is 21.2 Å². The van der Waals surface area contributed by atoms with Crippen molar-refractivity contribution in [1.82, 2.24) is 0 Å². The third-order valence-corrected chi connectivity index (χ3v) is 4.82. The van der Waals surface area contributed by atoms with Crippen molar-refractivity contribution in [3.05, 3.63) is 63.2 Å². The van der Waals surface area contributed by atoms with Crippen LogP contribution in [-0.4, -0.2) is 24.5 Å². The van der Waals surface area contributed by atoms with Gasteiger partial charge in [0.2, 0.25) is 0 Å². The van der Waals surface area contributed by atoms with Crippen LogP contribution in [0.4, 0.5) is 5.69 Å². The SMILES string of the molecule is C[C@H](OC(=O)c1ccccc1I)C(=O)N1CCc2ccccc21. The van der Waals surface area contributed by atoms with E-state index in [2.05, 4.69) is 22.6 Å². The average molecular weight is 421 g/mol. The zero-order chi connectivity index (χ0) is 16.4. The molecule has 0 aliphatic carbocycles. The first-order valence-electron chi connectivity index (χ1n) is 7.42. The maximum Gasteiger partial charge on any atom is 0.339 e. The Bertz CT molecular complexity index is 759. The molecule has 2 aromatic carbocycles. The van der Waals surface area contributed by atoms with Crippen molar-refractivity contribution >= 4 is 40.2 Å². The van der Waals surface area contributed by atoms with E-state index in [1.807, 2.05) is 36.4 Å². The summed E-state index contributed by atoms with van der Waals surface area (Å²) < 4.78 is 6.18. The molecule has 23 heavy (non-hydrogen) atoms. The molecule has 5 heteroatoms. The summed E-state index contributed by atoms with van der Waals surface area (Å²) in [5, 5.41) is 0. The second kappa shape index (κ2) is 6.70. The molecule has 0 saturated heterocycles. The number of fused-ring (bicyclic) bond motifs is 1. The third kappa shape index (κ3) is 3.24. The summed E-state index contributed by atoms with van der Waals surface area (Å²) in [4.78, 5) is 26.5. The van der Waals surface area contributed by atoms with E-state index in [9.17, 15) is 9.59 Å². The van der Waals surface area contributed by atoms with E-state index in [-0.39, 0.29) is 5.91 Å². The van der Waals surface area contributed by atoms with Gasteiger partial charge in [-0.2, -0.15) is 0 Å². The number of carbonyl (C=O) groups is 2. The van der Waals surface area contributed by atoms with Crippen LogP contribution in [0.15, 0.2) is 48.5 Å². The largest absolute Gasteiger partial charge is 0.449 e. The van der Waals surface area contributed by atoms with Gasteiger partial charge in [0.1, 0.15) is 0 Å². The van der Waals surface area contributed by atoms with E-state index in [4.69, 9.17) is 4.74 Å². The van der Waals surface area contributed by atoms with Gasteiger partial charge in [0.05, 0.1) is 5.56 Å². The molecule has 2 aromatic rings. The Morgan fingerprint density at radius 3 is 2.61 bits per heavy atom. The van der Waals surface area contributed by atoms with Gasteiger partial charge >= 0.3 is 5.97 Å². The summed E-state index contributed by atoms with van der Waals surface area (Å²) in [5.41, 5.74) is 2.54. The maximum absolute atomic E-state index is 12.6. The highest BCUT2D eigenvalue weighted by molar-refractivity contribution is 14.1. The number of carbonyl (C=O) groups excluding carboxylic acids is 2. The van der Waals surface area contributed by atoms with Gasteiger partial charge in [0.25, 0.3) is 5.91 Å². The predicted molar refractivity (Wildman–Crippen MR) is 96.5 cm³/mol. The number of halogens is 1. The van der Waals surface area contributed by atoms with Crippen LogP contribution in [0, 0.1) is 3.57 Å². The Morgan fingerprint density at radius 2 is 1.83 bits per heavy atom. The average Bonchev–Trinajstić information content (AvgIpc) is 2.98. The second-order valence-corrected chi connectivity index (χ2v) is 6.56. The number of ether oxygens (including phenoxy) is 1. The van der Waals surface area contributed by atoms with E-state index in [1.165, 1.54) is 0 Å². The highest BCUT2D eigenvalue weighted by Crippen LogP contribution is 2.28. The molecule has 0 saturated carbocycles. The molecular weight excluding hydrogens is 405 g/mol. The summed E-state index contributed by atoms with van der Waals surface area (Å²) in [6.07, 6.45) is 0.0174. The summed E-state index contributed by atoms with van der Waals surface area (Å²) in [7, 11) is 0. The number of anilines is 1. The Hall–Kier alpha value is -1.89. The molecule has 0 N–H and O–H groups in total. The molecule has 4 nitrogen and oxygen atoms in total. The Labute approximate surface area is 148 Å². The molecule has 0 aromatic heterocycles. The van der Waals surface area contributed by atoms with E-state index in [0.29, 0.717) is 12.1 Å². The molecule has 0 bridgehead atoms. The topological polar surface area (TPSA) is 46.6 Å². The van der Waals surface area contributed by atoms with Gasteiger partial charge < -0.3 is 9.64 Å². The van der Waals surface area contributed by atoms with Gasteiger partial charge in [-0.1, -0.05) is 30.3 Å². The second-order valence-electron chi connectivity index (χ2n) is 5.40. The molecule has 1 atom stereocenters. The lowest BCUT2D eigenvalue weighted by molar-refractivity contribution is -0.126. The fraction of sp³-hybridized carbons (Fsp3) is 0.222. The maximum atomic E-state index is 12.6. The molecule has 0 spiro atoms. The first kappa shape index (κ1) is 16.0. The normalized spacial score (nSPS) is 14.3. The molecular formula is C18H16INO3. The molecule has 1 heterocycles. The molecule has 0 unspecified atom stereocenters. The smallest absolute Gasteiger partial charge is 0.339 e. The third-order valence-electron chi connectivity index (χ3n) is 3.88. The van der Waals surface area contributed by atoms with E-state index >= 15 is 0 Å². The van der Waals surface area contributed by atoms with Crippen molar-refractivity contribution in [2.45, 2.75) is 19.4 Å². The number of hydrogen-bond acceptors (Lipinski definition) is 3. The summed E-state index contributed by atoms with van der Waals surface area (Å²) in [6.45, 7) is 2.25. The van der Waals surface area contributed by atoms with Gasteiger partial charge in [0, 0.05) is 15.8 Å². The Morgan fingerprint density at radius 1 is 1.13 bits per heavy atom. The van der Waals surface area contributed by atoms with Crippen LogP contribution < -0.4 is 4.90 Å². The molecule has 1 aliphatic heterocycles. The van der Waals surface area contributed by atoms with Gasteiger partial charge in [-0.25, -0.2) is 4.79 Å². The van der Waals surface area contributed by atoms with E-state index < -0.39 is 12.1 Å². The Balaban J connectivity index is 1.72. The number of benzene rings is 2. The highest BCUT2D eigenvalue weighted by atomic mass is 127. The number of amides is 1. The fourth-order valence-corrected chi connectivity index (χ4v) is 3.30. The van der Waals surface area contributed by atoms with Crippen molar-refractivity contribution in [3.8, 4) is 0 Å². The minimum Gasteiger partial charge on any atom is -0.449 e. The zero-order valence-electron chi connectivity index (χ0n) is 12.7. The molecule has 1 aliphatic rings. The minimum absolute atomic E-state index is 0.186.